The molecule has 0 atom stereocenters. The average Bonchev–Trinajstić information content (AvgIpc) is 2.46. The Kier molecular flexibility index (Phi) is 9.99. The number of hydrogen-bond donors (Lipinski definition) is 1. The van der Waals surface area contributed by atoms with E-state index in [9.17, 15) is 4.39 Å². The molecule has 0 radical (unpaired) electrons. The third-order valence-corrected chi connectivity index (χ3v) is 3.72. The molecule has 0 spiro atoms. The molecule has 0 amide bonds. The Morgan fingerprint density at radius 1 is 0.800 bits per heavy atom. The molecule has 0 aliphatic rings. The highest BCUT2D eigenvalue weighted by Crippen LogP contribution is 2.13. The van der Waals surface area contributed by atoms with Crippen molar-refractivity contribution in [1.82, 2.24) is 0 Å². The van der Waals surface area contributed by atoms with Gasteiger partial charge in [0.1, 0.15) is 5.82 Å². The smallest absolute Gasteiger partial charge is 0.146 e. The summed E-state index contributed by atoms with van der Waals surface area (Å²) in [6.07, 6.45) is 13.3. The number of unbranched alkanes of at least 4 members (excludes halogenated alkanes) is 9. The summed E-state index contributed by atoms with van der Waals surface area (Å²) >= 11 is 0. The van der Waals surface area contributed by atoms with Crippen LogP contribution in [-0.4, -0.2) is 6.54 Å². The van der Waals surface area contributed by atoms with E-state index < -0.39 is 0 Å². The predicted molar refractivity (Wildman–Crippen MR) is 86.7 cm³/mol. The fourth-order valence-corrected chi connectivity index (χ4v) is 2.44. The normalized spacial score (nSPS) is 10.7. The number of halogens is 1. The van der Waals surface area contributed by atoms with Crippen LogP contribution >= 0.6 is 0 Å². The highest BCUT2D eigenvalue weighted by molar-refractivity contribution is 5.44. The first kappa shape index (κ1) is 17.0. The van der Waals surface area contributed by atoms with Gasteiger partial charge in [0.25, 0.3) is 0 Å². The summed E-state index contributed by atoms with van der Waals surface area (Å²) < 4.78 is 13.3. The molecule has 1 aromatic rings. The molecule has 0 saturated heterocycles. The molecule has 2 heteroatoms. The summed E-state index contributed by atoms with van der Waals surface area (Å²) in [5, 5.41) is 3.16. The van der Waals surface area contributed by atoms with Crippen molar-refractivity contribution in [3.05, 3.63) is 30.1 Å². The van der Waals surface area contributed by atoms with E-state index in [-0.39, 0.29) is 5.82 Å². The van der Waals surface area contributed by atoms with Gasteiger partial charge in [-0.25, -0.2) is 4.39 Å². The van der Waals surface area contributed by atoms with E-state index in [0.29, 0.717) is 5.69 Å². The summed E-state index contributed by atoms with van der Waals surface area (Å²) in [6, 6.07) is 6.89. The molecule has 1 N–H and O–H groups in total. The summed E-state index contributed by atoms with van der Waals surface area (Å²) in [7, 11) is 0. The molecule has 0 aliphatic heterocycles. The monoisotopic (exact) mass is 279 g/mol. The highest BCUT2D eigenvalue weighted by Gasteiger charge is 1.98. The fourth-order valence-electron chi connectivity index (χ4n) is 2.44. The van der Waals surface area contributed by atoms with E-state index in [2.05, 4.69) is 12.2 Å². The van der Waals surface area contributed by atoms with Crippen LogP contribution in [0.1, 0.15) is 71.1 Å². The predicted octanol–water partition coefficient (Wildman–Crippen LogP) is 6.16. The van der Waals surface area contributed by atoms with Gasteiger partial charge in [-0.2, -0.15) is 0 Å². The molecular formula is C18H30FN. The number of anilines is 1. The molecular weight excluding hydrogens is 249 g/mol. The maximum atomic E-state index is 13.3. The lowest BCUT2D eigenvalue weighted by molar-refractivity contribution is 0.559. The van der Waals surface area contributed by atoms with Crippen LogP contribution in [0.25, 0.3) is 0 Å². The minimum Gasteiger partial charge on any atom is -0.383 e. The van der Waals surface area contributed by atoms with Crippen LogP contribution in [0.3, 0.4) is 0 Å². The first-order chi connectivity index (χ1) is 9.84. The Bertz CT molecular complexity index is 338. The van der Waals surface area contributed by atoms with Crippen molar-refractivity contribution in [2.75, 3.05) is 11.9 Å². The Hall–Kier alpha value is -1.05. The number of benzene rings is 1. The Morgan fingerprint density at radius 2 is 1.35 bits per heavy atom. The van der Waals surface area contributed by atoms with Gasteiger partial charge >= 0.3 is 0 Å². The van der Waals surface area contributed by atoms with Gasteiger partial charge in [0.05, 0.1) is 5.69 Å². The van der Waals surface area contributed by atoms with Crippen molar-refractivity contribution in [2.24, 2.45) is 0 Å². The maximum Gasteiger partial charge on any atom is 0.146 e. The van der Waals surface area contributed by atoms with Gasteiger partial charge in [0.15, 0.2) is 0 Å². The zero-order chi connectivity index (χ0) is 14.5. The van der Waals surface area contributed by atoms with Gasteiger partial charge in [-0.3, -0.25) is 0 Å². The van der Waals surface area contributed by atoms with Crippen molar-refractivity contribution >= 4 is 5.69 Å². The van der Waals surface area contributed by atoms with E-state index in [1.807, 2.05) is 6.07 Å². The van der Waals surface area contributed by atoms with E-state index in [4.69, 9.17) is 0 Å². The fraction of sp³-hybridized carbons (Fsp3) is 0.667. The number of nitrogens with one attached hydrogen (secondary N) is 1. The molecule has 0 heterocycles. The second-order valence-electron chi connectivity index (χ2n) is 5.59. The summed E-state index contributed by atoms with van der Waals surface area (Å²) in [6.45, 7) is 3.13. The van der Waals surface area contributed by atoms with E-state index in [1.165, 1.54) is 63.9 Å². The molecule has 1 rings (SSSR count). The van der Waals surface area contributed by atoms with Crippen LogP contribution < -0.4 is 5.32 Å². The molecule has 0 aromatic heterocycles. The van der Waals surface area contributed by atoms with Crippen molar-refractivity contribution < 1.29 is 4.39 Å². The first-order valence-electron chi connectivity index (χ1n) is 8.33. The van der Waals surface area contributed by atoms with Gasteiger partial charge in [0.2, 0.25) is 0 Å². The molecule has 0 bridgehead atoms. The van der Waals surface area contributed by atoms with E-state index in [0.717, 1.165) is 13.0 Å². The molecule has 20 heavy (non-hydrogen) atoms. The lowest BCUT2D eigenvalue weighted by atomic mass is 10.1. The summed E-state index contributed by atoms with van der Waals surface area (Å²) in [4.78, 5) is 0. The SMILES string of the molecule is CCCCCCCCCCCCNc1ccccc1F. The minimum absolute atomic E-state index is 0.153. The summed E-state index contributed by atoms with van der Waals surface area (Å²) in [5.41, 5.74) is 0.628. The zero-order valence-corrected chi connectivity index (χ0v) is 13.0. The van der Waals surface area contributed by atoms with E-state index in [1.54, 1.807) is 12.1 Å². The average molecular weight is 279 g/mol. The number of rotatable bonds is 12. The molecule has 0 fully saturated rings. The molecule has 0 aliphatic carbocycles. The van der Waals surface area contributed by atoms with Crippen LogP contribution in [0, 0.1) is 5.82 Å². The summed E-state index contributed by atoms with van der Waals surface area (Å²) in [5.74, 6) is -0.153. The number of hydrogen-bond acceptors (Lipinski definition) is 1. The Balaban J connectivity index is 1.87. The van der Waals surface area contributed by atoms with Crippen molar-refractivity contribution in [2.45, 2.75) is 71.1 Å². The lowest BCUT2D eigenvalue weighted by Gasteiger charge is -2.07. The van der Waals surface area contributed by atoms with Crippen LogP contribution in [-0.2, 0) is 0 Å². The molecule has 1 aromatic carbocycles. The van der Waals surface area contributed by atoms with Gasteiger partial charge in [-0.05, 0) is 18.6 Å². The van der Waals surface area contributed by atoms with Crippen molar-refractivity contribution in [1.29, 1.82) is 0 Å². The second kappa shape index (κ2) is 11.7. The third-order valence-electron chi connectivity index (χ3n) is 3.72. The Morgan fingerprint density at radius 3 is 1.95 bits per heavy atom. The van der Waals surface area contributed by atoms with Crippen LogP contribution in [0.15, 0.2) is 24.3 Å². The molecule has 0 saturated carbocycles. The van der Waals surface area contributed by atoms with Gasteiger partial charge in [0, 0.05) is 6.54 Å². The zero-order valence-electron chi connectivity index (χ0n) is 13.0. The molecule has 1 nitrogen and oxygen atoms in total. The van der Waals surface area contributed by atoms with Crippen LogP contribution in [0.5, 0.6) is 0 Å². The standard InChI is InChI=1S/C18H30FN/c1-2-3-4-5-6-7-8-9-10-13-16-20-18-15-12-11-14-17(18)19/h11-12,14-15,20H,2-10,13,16H2,1H3. The second-order valence-corrected chi connectivity index (χ2v) is 5.59. The van der Waals surface area contributed by atoms with Crippen LogP contribution in [0.2, 0.25) is 0 Å². The Labute approximate surface area is 124 Å². The van der Waals surface area contributed by atoms with Crippen molar-refractivity contribution in [3.8, 4) is 0 Å². The number of para-hydroxylation sites is 1. The minimum atomic E-state index is -0.153. The van der Waals surface area contributed by atoms with Crippen LogP contribution in [0.4, 0.5) is 10.1 Å². The van der Waals surface area contributed by atoms with Gasteiger partial charge < -0.3 is 5.32 Å². The lowest BCUT2D eigenvalue weighted by Crippen LogP contribution is -2.02. The molecule has 114 valence electrons. The van der Waals surface area contributed by atoms with Crippen molar-refractivity contribution in [3.63, 3.8) is 0 Å². The van der Waals surface area contributed by atoms with Gasteiger partial charge in [-0.15, -0.1) is 0 Å². The highest BCUT2D eigenvalue weighted by atomic mass is 19.1. The molecule has 0 unspecified atom stereocenters. The van der Waals surface area contributed by atoms with E-state index >= 15 is 0 Å². The third kappa shape index (κ3) is 8.19. The topological polar surface area (TPSA) is 12.0 Å². The van der Waals surface area contributed by atoms with Gasteiger partial charge in [-0.1, -0.05) is 76.8 Å². The largest absolute Gasteiger partial charge is 0.383 e. The first-order valence-corrected chi connectivity index (χ1v) is 8.33. The quantitative estimate of drug-likeness (QED) is 0.452. The maximum absolute atomic E-state index is 13.3.